The highest BCUT2D eigenvalue weighted by molar-refractivity contribution is 7.09. The molecule has 0 fully saturated rings. The van der Waals surface area contributed by atoms with Crippen molar-refractivity contribution in [2.45, 2.75) is 33.7 Å². The van der Waals surface area contributed by atoms with E-state index in [1.54, 1.807) is 4.68 Å². The second-order valence-electron chi connectivity index (χ2n) is 4.80. The van der Waals surface area contributed by atoms with Crippen LogP contribution in [0.15, 0.2) is 5.38 Å². The molecule has 8 heteroatoms. The van der Waals surface area contributed by atoms with Gasteiger partial charge >= 0.3 is 5.97 Å². The monoisotopic (exact) mass is 322 g/mol. The lowest BCUT2D eigenvalue weighted by Gasteiger charge is -2.05. The first-order valence-corrected chi connectivity index (χ1v) is 7.81. The molecule has 0 radical (unpaired) electrons. The van der Waals surface area contributed by atoms with E-state index in [0.29, 0.717) is 29.2 Å². The number of aromatic nitrogens is 3. The van der Waals surface area contributed by atoms with Crippen LogP contribution in [-0.4, -0.2) is 38.3 Å². The van der Waals surface area contributed by atoms with E-state index in [1.807, 2.05) is 20.8 Å². The molecule has 0 bridgehead atoms. The van der Waals surface area contributed by atoms with Crippen LogP contribution in [0, 0.1) is 13.8 Å². The van der Waals surface area contributed by atoms with Gasteiger partial charge < -0.3 is 10.4 Å². The van der Waals surface area contributed by atoms with E-state index in [9.17, 15) is 9.59 Å². The zero-order valence-corrected chi connectivity index (χ0v) is 13.5. The van der Waals surface area contributed by atoms with E-state index in [0.717, 1.165) is 12.2 Å². The maximum atomic E-state index is 12.2. The van der Waals surface area contributed by atoms with Crippen LogP contribution in [0.1, 0.15) is 44.2 Å². The first kappa shape index (κ1) is 16.2. The lowest BCUT2D eigenvalue weighted by Crippen LogP contribution is -2.26. The Labute approximate surface area is 132 Å². The minimum atomic E-state index is -1.04. The Morgan fingerprint density at radius 3 is 2.68 bits per heavy atom. The number of aryl methyl sites for hydroxylation is 2. The fraction of sp³-hybridized carbons (Fsp3) is 0.429. The number of carboxylic acid groups (broad SMARTS) is 1. The van der Waals surface area contributed by atoms with Gasteiger partial charge in [-0.1, -0.05) is 0 Å². The Morgan fingerprint density at radius 1 is 1.41 bits per heavy atom. The maximum Gasteiger partial charge on any atom is 0.355 e. The number of carbonyl (C=O) groups is 2. The van der Waals surface area contributed by atoms with E-state index in [1.165, 1.54) is 16.7 Å². The highest BCUT2D eigenvalue weighted by atomic mass is 32.1. The summed E-state index contributed by atoms with van der Waals surface area (Å²) in [6, 6.07) is 0. The number of carbonyl (C=O) groups excluding carboxylic acids is 1. The second-order valence-corrected chi connectivity index (χ2v) is 5.74. The average Bonchev–Trinajstić information content (AvgIpc) is 3.03. The maximum absolute atomic E-state index is 12.2. The van der Waals surface area contributed by atoms with Gasteiger partial charge in [0.05, 0.1) is 16.3 Å². The van der Waals surface area contributed by atoms with Gasteiger partial charge in [-0.3, -0.25) is 9.48 Å². The minimum absolute atomic E-state index is 0.0437. The molecule has 1 amide bonds. The molecule has 0 aliphatic carbocycles. The van der Waals surface area contributed by atoms with Gasteiger partial charge in [-0.25, -0.2) is 9.78 Å². The van der Waals surface area contributed by atoms with Crippen molar-refractivity contribution in [1.82, 2.24) is 20.1 Å². The summed E-state index contributed by atoms with van der Waals surface area (Å²) in [7, 11) is 0. The SMILES string of the molecule is CCn1nc(C)c(C(=O)NCCc2nc(C(=O)O)cs2)c1C. The molecule has 0 aliphatic heterocycles. The molecular weight excluding hydrogens is 304 g/mol. The summed E-state index contributed by atoms with van der Waals surface area (Å²) < 4.78 is 1.80. The zero-order valence-electron chi connectivity index (χ0n) is 12.7. The van der Waals surface area contributed by atoms with Crippen molar-refractivity contribution in [2.24, 2.45) is 0 Å². The van der Waals surface area contributed by atoms with Crippen molar-refractivity contribution < 1.29 is 14.7 Å². The summed E-state index contributed by atoms with van der Waals surface area (Å²) in [5.74, 6) is -1.20. The number of hydrogen-bond donors (Lipinski definition) is 2. The van der Waals surface area contributed by atoms with Gasteiger partial charge in [0.1, 0.15) is 0 Å². The molecular formula is C14H18N4O3S. The normalized spacial score (nSPS) is 10.7. The molecule has 0 spiro atoms. The molecule has 7 nitrogen and oxygen atoms in total. The van der Waals surface area contributed by atoms with Crippen LogP contribution < -0.4 is 5.32 Å². The zero-order chi connectivity index (χ0) is 16.3. The summed E-state index contributed by atoms with van der Waals surface area (Å²) >= 11 is 1.28. The molecule has 0 saturated heterocycles. The summed E-state index contributed by atoms with van der Waals surface area (Å²) in [6.07, 6.45) is 0.504. The van der Waals surface area contributed by atoms with Crippen molar-refractivity contribution in [3.8, 4) is 0 Å². The number of amides is 1. The van der Waals surface area contributed by atoms with Gasteiger partial charge in [0.15, 0.2) is 5.69 Å². The van der Waals surface area contributed by atoms with Crippen LogP contribution in [0.4, 0.5) is 0 Å². The summed E-state index contributed by atoms with van der Waals surface area (Å²) in [5.41, 5.74) is 2.20. The highest BCUT2D eigenvalue weighted by Crippen LogP contribution is 2.13. The smallest absolute Gasteiger partial charge is 0.355 e. The van der Waals surface area contributed by atoms with Crippen LogP contribution in [0.2, 0.25) is 0 Å². The van der Waals surface area contributed by atoms with Crippen LogP contribution in [-0.2, 0) is 13.0 Å². The molecule has 0 unspecified atom stereocenters. The molecule has 2 aromatic heterocycles. The molecule has 2 N–H and O–H groups in total. The predicted octanol–water partition coefficient (Wildman–Crippen LogP) is 1.65. The molecule has 22 heavy (non-hydrogen) atoms. The van der Waals surface area contributed by atoms with E-state index < -0.39 is 5.97 Å². The molecule has 0 aliphatic rings. The van der Waals surface area contributed by atoms with Gasteiger partial charge in [-0.15, -0.1) is 11.3 Å². The van der Waals surface area contributed by atoms with Gasteiger partial charge in [0, 0.05) is 30.6 Å². The first-order valence-electron chi connectivity index (χ1n) is 6.94. The summed E-state index contributed by atoms with van der Waals surface area (Å²) in [4.78, 5) is 27.0. The molecule has 2 heterocycles. The van der Waals surface area contributed by atoms with Crippen LogP contribution in [0.25, 0.3) is 0 Å². The molecule has 118 valence electrons. The first-order chi connectivity index (χ1) is 10.4. The standard InChI is InChI=1S/C14H18N4O3S/c1-4-18-9(3)12(8(2)17-18)13(19)15-6-5-11-16-10(7-22-11)14(20)21/h7H,4-6H2,1-3H3,(H,15,19)(H,20,21). The number of aromatic carboxylic acids is 1. The third-order valence-electron chi connectivity index (χ3n) is 3.30. The van der Waals surface area contributed by atoms with E-state index in [-0.39, 0.29) is 11.6 Å². The number of nitrogens with one attached hydrogen (secondary N) is 1. The van der Waals surface area contributed by atoms with Crippen LogP contribution in [0.3, 0.4) is 0 Å². The lowest BCUT2D eigenvalue weighted by molar-refractivity contribution is 0.0690. The number of carboxylic acids is 1. The third-order valence-corrected chi connectivity index (χ3v) is 4.21. The van der Waals surface area contributed by atoms with Gasteiger partial charge in [0.25, 0.3) is 5.91 Å². The van der Waals surface area contributed by atoms with Crippen molar-refractivity contribution >= 4 is 23.2 Å². The Morgan fingerprint density at radius 2 is 2.14 bits per heavy atom. The van der Waals surface area contributed by atoms with Crippen molar-refractivity contribution in [3.63, 3.8) is 0 Å². The quantitative estimate of drug-likeness (QED) is 0.843. The molecule has 2 rings (SSSR count). The summed E-state index contributed by atoms with van der Waals surface area (Å²) in [5, 5.41) is 18.2. The lowest BCUT2D eigenvalue weighted by atomic mass is 10.2. The Balaban J connectivity index is 1.95. The minimum Gasteiger partial charge on any atom is -0.476 e. The van der Waals surface area contributed by atoms with Crippen molar-refractivity contribution in [3.05, 3.63) is 33.0 Å². The van der Waals surface area contributed by atoms with Gasteiger partial charge in [-0.2, -0.15) is 5.10 Å². The number of nitrogens with zero attached hydrogens (tertiary/aromatic N) is 3. The van der Waals surface area contributed by atoms with Gasteiger partial charge in [0.2, 0.25) is 0 Å². The van der Waals surface area contributed by atoms with Crippen molar-refractivity contribution in [1.29, 1.82) is 0 Å². The van der Waals surface area contributed by atoms with Crippen LogP contribution >= 0.6 is 11.3 Å². The Hall–Kier alpha value is -2.22. The number of thiazole rings is 1. The molecule has 0 saturated carbocycles. The molecule has 0 aromatic carbocycles. The second kappa shape index (κ2) is 6.69. The molecule has 2 aromatic rings. The average molecular weight is 322 g/mol. The van der Waals surface area contributed by atoms with E-state index in [4.69, 9.17) is 5.11 Å². The van der Waals surface area contributed by atoms with E-state index >= 15 is 0 Å². The van der Waals surface area contributed by atoms with Gasteiger partial charge in [-0.05, 0) is 20.8 Å². The van der Waals surface area contributed by atoms with E-state index in [2.05, 4.69) is 15.4 Å². The highest BCUT2D eigenvalue weighted by Gasteiger charge is 2.17. The topological polar surface area (TPSA) is 97.1 Å². The molecule has 0 atom stereocenters. The third kappa shape index (κ3) is 3.33. The fourth-order valence-electron chi connectivity index (χ4n) is 2.23. The number of hydrogen-bond acceptors (Lipinski definition) is 5. The Kier molecular flexibility index (Phi) is 4.92. The summed E-state index contributed by atoms with van der Waals surface area (Å²) in [6.45, 7) is 6.79. The Bertz CT molecular complexity index is 705. The van der Waals surface area contributed by atoms with Crippen LogP contribution in [0.5, 0.6) is 0 Å². The van der Waals surface area contributed by atoms with Crippen molar-refractivity contribution in [2.75, 3.05) is 6.54 Å². The predicted molar refractivity (Wildman–Crippen MR) is 82.5 cm³/mol. The largest absolute Gasteiger partial charge is 0.476 e. The number of rotatable bonds is 6. The fourth-order valence-corrected chi connectivity index (χ4v) is 3.00.